The van der Waals surface area contributed by atoms with Gasteiger partial charge in [-0.2, -0.15) is 0 Å². The zero-order valence-corrected chi connectivity index (χ0v) is 12.9. The second-order valence-corrected chi connectivity index (χ2v) is 5.28. The average Bonchev–Trinajstić information content (AvgIpc) is 2.35. The molecular formula is C14H30N4O. The Hall–Kier alpha value is -0.810. The van der Waals surface area contributed by atoms with E-state index in [1.54, 1.807) is 0 Å². The van der Waals surface area contributed by atoms with Crippen LogP contribution in [-0.4, -0.2) is 67.2 Å². The van der Waals surface area contributed by atoms with E-state index in [2.05, 4.69) is 42.5 Å². The quantitative estimate of drug-likeness (QED) is 0.447. The van der Waals surface area contributed by atoms with Gasteiger partial charge < -0.3 is 15.4 Å². The third kappa shape index (κ3) is 5.78. The highest BCUT2D eigenvalue weighted by atomic mass is 16.5. The van der Waals surface area contributed by atoms with Gasteiger partial charge in [0.15, 0.2) is 5.96 Å². The van der Waals surface area contributed by atoms with Crippen LogP contribution in [0.15, 0.2) is 4.99 Å². The number of nitrogens with zero attached hydrogens (tertiary/aromatic N) is 3. The fraction of sp³-hybridized carbons (Fsp3) is 0.929. The Morgan fingerprint density at radius 3 is 2.37 bits per heavy atom. The van der Waals surface area contributed by atoms with E-state index in [1.165, 1.54) is 0 Å². The van der Waals surface area contributed by atoms with E-state index in [0.717, 1.165) is 45.7 Å². The summed E-state index contributed by atoms with van der Waals surface area (Å²) >= 11 is 0. The lowest BCUT2D eigenvalue weighted by Crippen LogP contribution is -2.45. The molecule has 112 valence electrons. The predicted octanol–water partition coefficient (Wildman–Crippen LogP) is 1.14. The van der Waals surface area contributed by atoms with Crippen LogP contribution in [0.2, 0.25) is 0 Å². The number of morpholine rings is 1. The minimum Gasteiger partial charge on any atom is -0.373 e. The smallest absolute Gasteiger partial charge is 0.191 e. The Morgan fingerprint density at radius 1 is 1.26 bits per heavy atom. The molecule has 0 aromatic carbocycles. The summed E-state index contributed by atoms with van der Waals surface area (Å²) in [4.78, 5) is 8.99. The lowest BCUT2D eigenvalue weighted by molar-refractivity contribution is -0.0679. The number of hydrogen-bond acceptors (Lipinski definition) is 3. The molecule has 0 radical (unpaired) electrons. The molecule has 2 atom stereocenters. The maximum absolute atomic E-state index is 5.94. The van der Waals surface area contributed by atoms with Crippen LogP contribution in [-0.2, 0) is 4.74 Å². The van der Waals surface area contributed by atoms with Crippen molar-refractivity contribution in [2.45, 2.75) is 46.3 Å². The first kappa shape index (κ1) is 16.2. The maximum Gasteiger partial charge on any atom is 0.191 e. The topological polar surface area (TPSA) is 54.1 Å². The molecule has 0 spiro atoms. The van der Waals surface area contributed by atoms with Gasteiger partial charge in [-0.05, 0) is 34.1 Å². The number of hydrogen-bond donors (Lipinski definition) is 1. The fourth-order valence-electron chi connectivity index (χ4n) is 2.60. The molecule has 5 nitrogen and oxygen atoms in total. The van der Waals surface area contributed by atoms with E-state index in [-0.39, 0.29) is 0 Å². The van der Waals surface area contributed by atoms with Crippen LogP contribution >= 0.6 is 0 Å². The van der Waals surface area contributed by atoms with Crippen LogP contribution in [0.25, 0.3) is 0 Å². The molecule has 1 aliphatic rings. The summed E-state index contributed by atoms with van der Waals surface area (Å²) in [7, 11) is 0. The molecule has 19 heavy (non-hydrogen) atoms. The van der Waals surface area contributed by atoms with E-state index in [1.807, 2.05) is 0 Å². The molecule has 0 amide bonds. The van der Waals surface area contributed by atoms with Crippen molar-refractivity contribution in [3.05, 3.63) is 0 Å². The summed E-state index contributed by atoms with van der Waals surface area (Å²) in [5.74, 6) is 0.675. The van der Waals surface area contributed by atoms with Gasteiger partial charge >= 0.3 is 0 Å². The molecule has 0 aliphatic carbocycles. The van der Waals surface area contributed by atoms with Crippen LogP contribution in [0.5, 0.6) is 0 Å². The molecule has 0 saturated carbocycles. The molecule has 2 unspecified atom stereocenters. The second kappa shape index (κ2) is 8.38. The minimum atomic E-state index is 0.341. The van der Waals surface area contributed by atoms with Crippen molar-refractivity contribution in [3.8, 4) is 0 Å². The normalized spacial score (nSPS) is 25.6. The van der Waals surface area contributed by atoms with Crippen LogP contribution < -0.4 is 5.73 Å². The fourth-order valence-corrected chi connectivity index (χ4v) is 2.60. The van der Waals surface area contributed by atoms with E-state index in [9.17, 15) is 0 Å². The monoisotopic (exact) mass is 270 g/mol. The van der Waals surface area contributed by atoms with Crippen LogP contribution in [0, 0.1) is 0 Å². The molecule has 2 N–H and O–H groups in total. The van der Waals surface area contributed by atoms with Crippen LogP contribution in [0.4, 0.5) is 0 Å². The summed E-state index contributed by atoms with van der Waals surface area (Å²) in [5, 5.41) is 0. The highest BCUT2D eigenvalue weighted by molar-refractivity contribution is 5.77. The standard InChI is InChI=1S/C14H30N4O/c1-5-18(6-2)14(15)16-8-7-9-17-10-12(3)19-13(4)11-17/h12-13H,5-11H2,1-4H3,(H2,15,16). The van der Waals surface area contributed by atoms with Crippen molar-refractivity contribution in [1.29, 1.82) is 0 Å². The third-order valence-corrected chi connectivity index (χ3v) is 3.49. The largest absolute Gasteiger partial charge is 0.373 e. The molecular weight excluding hydrogens is 240 g/mol. The van der Waals surface area contributed by atoms with Gasteiger partial charge in [0.1, 0.15) is 0 Å². The second-order valence-electron chi connectivity index (χ2n) is 5.28. The minimum absolute atomic E-state index is 0.341. The molecule has 0 bridgehead atoms. The Bertz CT molecular complexity index is 269. The van der Waals surface area contributed by atoms with Crippen molar-refractivity contribution < 1.29 is 4.74 Å². The van der Waals surface area contributed by atoms with Crippen molar-refractivity contribution in [3.63, 3.8) is 0 Å². The van der Waals surface area contributed by atoms with Crippen LogP contribution in [0.1, 0.15) is 34.1 Å². The van der Waals surface area contributed by atoms with Crippen LogP contribution in [0.3, 0.4) is 0 Å². The summed E-state index contributed by atoms with van der Waals surface area (Å²) < 4.78 is 5.73. The Morgan fingerprint density at radius 2 is 1.84 bits per heavy atom. The van der Waals surface area contributed by atoms with Crippen molar-refractivity contribution in [2.75, 3.05) is 39.3 Å². The summed E-state index contributed by atoms with van der Waals surface area (Å²) in [6.45, 7) is 14.3. The van der Waals surface area contributed by atoms with E-state index >= 15 is 0 Å². The number of ether oxygens (including phenoxy) is 1. The maximum atomic E-state index is 5.94. The third-order valence-electron chi connectivity index (χ3n) is 3.49. The van der Waals surface area contributed by atoms with Gasteiger partial charge in [0.2, 0.25) is 0 Å². The predicted molar refractivity (Wildman–Crippen MR) is 80.5 cm³/mol. The first-order valence-corrected chi connectivity index (χ1v) is 7.49. The molecule has 1 heterocycles. The zero-order valence-electron chi connectivity index (χ0n) is 12.9. The number of aliphatic imine (C=N–C) groups is 1. The number of guanidine groups is 1. The van der Waals surface area contributed by atoms with E-state index in [4.69, 9.17) is 10.5 Å². The lowest BCUT2D eigenvalue weighted by Gasteiger charge is -2.35. The van der Waals surface area contributed by atoms with Crippen molar-refractivity contribution >= 4 is 5.96 Å². The first-order valence-electron chi connectivity index (χ1n) is 7.49. The van der Waals surface area contributed by atoms with Gasteiger partial charge in [-0.25, -0.2) is 0 Å². The zero-order chi connectivity index (χ0) is 14.3. The molecule has 5 heteroatoms. The SMILES string of the molecule is CCN(CC)C(N)=NCCCN1CC(C)OC(C)C1. The van der Waals surface area contributed by atoms with Crippen molar-refractivity contribution in [2.24, 2.45) is 10.7 Å². The van der Waals surface area contributed by atoms with Gasteiger partial charge in [0.25, 0.3) is 0 Å². The summed E-state index contributed by atoms with van der Waals surface area (Å²) in [6.07, 6.45) is 1.74. The van der Waals surface area contributed by atoms with E-state index in [0.29, 0.717) is 18.2 Å². The van der Waals surface area contributed by atoms with Gasteiger partial charge in [-0.3, -0.25) is 9.89 Å². The molecule has 1 fully saturated rings. The molecule has 0 aromatic heterocycles. The van der Waals surface area contributed by atoms with Gasteiger partial charge in [-0.15, -0.1) is 0 Å². The Balaban J connectivity index is 2.24. The van der Waals surface area contributed by atoms with Crippen molar-refractivity contribution in [1.82, 2.24) is 9.80 Å². The highest BCUT2D eigenvalue weighted by Gasteiger charge is 2.21. The van der Waals surface area contributed by atoms with Gasteiger partial charge in [0.05, 0.1) is 12.2 Å². The molecule has 0 aromatic rings. The van der Waals surface area contributed by atoms with Gasteiger partial charge in [-0.1, -0.05) is 0 Å². The summed E-state index contributed by atoms with van der Waals surface area (Å²) in [6, 6.07) is 0. The number of rotatable bonds is 6. The molecule has 1 rings (SSSR count). The van der Waals surface area contributed by atoms with E-state index < -0.39 is 0 Å². The number of nitrogens with two attached hydrogens (primary N) is 1. The lowest BCUT2D eigenvalue weighted by atomic mass is 10.2. The molecule has 1 aliphatic heterocycles. The van der Waals surface area contributed by atoms with Gasteiger partial charge in [0, 0.05) is 39.3 Å². The first-order chi connectivity index (χ1) is 9.06. The average molecular weight is 270 g/mol. The highest BCUT2D eigenvalue weighted by Crippen LogP contribution is 2.10. The molecule has 1 saturated heterocycles. The Labute approximate surface area is 117 Å². The Kier molecular flexibility index (Phi) is 7.16. The summed E-state index contributed by atoms with van der Waals surface area (Å²) in [5.41, 5.74) is 5.94.